The number of amides is 4. The number of hydrazone groups is 2. The zero-order valence-electron chi connectivity index (χ0n) is 26.4. The topological polar surface area (TPSA) is 198 Å². The van der Waals surface area contributed by atoms with Crippen molar-refractivity contribution >= 4 is 58.5 Å². The molecule has 0 bridgehead atoms. The van der Waals surface area contributed by atoms with Gasteiger partial charge in [-0.05, 0) is 43.7 Å². The van der Waals surface area contributed by atoms with Crippen LogP contribution >= 0.6 is 0 Å². The summed E-state index contributed by atoms with van der Waals surface area (Å²) in [7, 11) is 2.19. The van der Waals surface area contributed by atoms with Gasteiger partial charge in [0.15, 0.2) is 0 Å². The molecule has 1 aliphatic rings. The molecule has 0 spiro atoms. The Bertz CT molecular complexity index is 1760. The highest BCUT2D eigenvalue weighted by Crippen LogP contribution is 2.34. The smallest absolute Gasteiger partial charge is 0.378 e. The number of nitrogens with zero attached hydrogens (tertiary/aromatic N) is 2. The molecule has 48 heavy (non-hydrogen) atoms. The van der Waals surface area contributed by atoms with Crippen LogP contribution in [0.3, 0.4) is 0 Å². The van der Waals surface area contributed by atoms with E-state index in [9.17, 15) is 24.0 Å². The zero-order valence-corrected chi connectivity index (χ0v) is 26.4. The van der Waals surface area contributed by atoms with Crippen molar-refractivity contribution in [3.05, 3.63) is 102 Å². The number of hydrogen-bond donors (Lipinski definition) is 5. The fourth-order valence-electron chi connectivity index (χ4n) is 4.60. The minimum Gasteiger partial charge on any atom is -0.468 e. The van der Waals surface area contributed by atoms with Crippen molar-refractivity contribution < 1.29 is 38.2 Å². The molecule has 1 aliphatic heterocycles. The molecule has 1 heterocycles. The molecule has 15 nitrogen and oxygen atoms in total. The van der Waals surface area contributed by atoms with Gasteiger partial charge in [-0.1, -0.05) is 66.7 Å². The number of carbonyl (C=O) groups excluding carboxylic acids is 5. The average molecular weight is 656 g/mol. The summed E-state index contributed by atoms with van der Waals surface area (Å²) in [6.07, 6.45) is 0. The largest absolute Gasteiger partial charge is 0.468 e. The number of rotatable bonds is 10. The Hall–Kier alpha value is -6.51. The molecular formula is C33H33N7O8. The number of cyclic esters (lactones) is 1. The lowest BCUT2D eigenvalue weighted by molar-refractivity contribution is -0.174. The maximum absolute atomic E-state index is 14.0. The molecule has 4 rings (SSSR count). The molecule has 0 fully saturated rings. The van der Waals surface area contributed by atoms with Crippen LogP contribution in [0.1, 0.15) is 19.4 Å². The minimum absolute atomic E-state index is 0.0285. The molecule has 248 valence electrons. The van der Waals surface area contributed by atoms with E-state index in [1.807, 2.05) is 0 Å². The fourth-order valence-corrected chi connectivity index (χ4v) is 4.60. The van der Waals surface area contributed by atoms with Gasteiger partial charge >= 0.3 is 35.7 Å². The second-order valence-corrected chi connectivity index (χ2v) is 10.1. The normalized spacial score (nSPS) is 16.8. The number of anilines is 2. The van der Waals surface area contributed by atoms with Crippen molar-refractivity contribution in [2.45, 2.75) is 19.6 Å². The van der Waals surface area contributed by atoms with Crippen molar-refractivity contribution in [1.29, 1.82) is 0 Å². The van der Waals surface area contributed by atoms with Crippen LogP contribution in [0, 0.1) is 5.92 Å². The van der Waals surface area contributed by atoms with E-state index in [2.05, 4.69) is 37.0 Å². The zero-order chi connectivity index (χ0) is 34.7. The van der Waals surface area contributed by atoms with E-state index >= 15 is 0 Å². The van der Waals surface area contributed by atoms with Crippen LogP contribution in [0.2, 0.25) is 0 Å². The third-order valence-electron chi connectivity index (χ3n) is 6.95. The number of carbonyl (C=O) groups is 5. The third-order valence-corrected chi connectivity index (χ3v) is 6.95. The number of esters is 3. The molecule has 0 aliphatic carbocycles. The van der Waals surface area contributed by atoms with Crippen molar-refractivity contribution in [2.24, 2.45) is 16.1 Å². The first kappa shape index (κ1) is 34.4. The van der Waals surface area contributed by atoms with E-state index < -0.39 is 41.6 Å². The molecular weight excluding hydrogens is 622 g/mol. The number of urea groups is 2. The van der Waals surface area contributed by atoms with Crippen molar-refractivity contribution in [1.82, 2.24) is 16.2 Å². The Kier molecular flexibility index (Phi) is 11.2. The standard InChI is InChI=1S/C33H33N7O8/c1-20(37-39-31(44)34-23-16-10-6-11-17-23)25(28(41)46-3)26-27(22-14-8-5-9-15-22)36-33(30(43)47-4,48-29(26)42)21(2)38-40-32(45)35-24-18-12-7-13-19-24/h5-19,25,36H,1-4H3,(H2,34,39,44)(H2,35,40,45)/b37-20+,38-21+. The molecule has 5 N–H and O–H groups in total. The number of methoxy groups -OCH3 is 2. The van der Waals surface area contributed by atoms with Crippen molar-refractivity contribution in [3.63, 3.8) is 0 Å². The van der Waals surface area contributed by atoms with E-state index in [4.69, 9.17) is 14.2 Å². The predicted octanol–water partition coefficient (Wildman–Crippen LogP) is 3.60. The van der Waals surface area contributed by atoms with Gasteiger partial charge in [0.2, 0.25) is 0 Å². The highest BCUT2D eigenvalue weighted by Gasteiger charge is 2.54. The van der Waals surface area contributed by atoms with Gasteiger partial charge in [-0.15, -0.1) is 0 Å². The van der Waals surface area contributed by atoms with Crippen LogP contribution < -0.4 is 26.8 Å². The van der Waals surface area contributed by atoms with E-state index in [1.165, 1.54) is 13.8 Å². The highest BCUT2D eigenvalue weighted by atomic mass is 16.6. The monoisotopic (exact) mass is 655 g/mol. The first-order valence-corrected chi connectivity index (χ1v) is 14.4. The Labute approximate surface area is 275 Å². The number of benzene rings is 3. The molecule has 2 atom stereocenters. The maximum atomic E-state index is 14.0. The summed E-state index contributed by atoms with van der Waals surface area (Å²) in [4.78, 5) is 65.7. The second kappa shape index (κ2) is 15.7. The molecule has 0 radical (unpaired) electrons. The van der Waals surface area contributed by atoms with Crippen LogP contribution in [-0.2, 0) is 28.6 Å². The molecule has 15 heteroatoms. The van der Waals surface area contributed by atoms with E-state index in [0.29, 0.717) is 16.9 Å². The van der Waals surface area contributed by atoms with E-state index in [-0.39, 0.29) is 22.7 Å². The Balaban J connectivity index is 1.74. The summed E-state index contributed by atoms with van der Waals surface area (Å²) in [6.45, 7) is 2.73. The molecule has 0 saturated carbocycles. The van der Waals surface area contributed by atoms with Crippen LogP contribution in [-0.4, -0.2) is 61.3 Å². The summed E-state index contributed by atoms with van der Waals surface area (Å²) >= 11 is 0. The SMILES string of the molecule is COC(=O)C(C1=C(c2ccccc2)NC(C(=O)OC)(/C(C)=N/NC(=O)Nc2ccccc2)OC1=O)/C(C)=N/NC(=O)Nc1ccccc1. The first-order valence-electron chi connectivity index (χ1n) is 14.4. The van der Waals surface area contributed by atoms with Crippen LogP contribution in [0.4, 0.5) is 21.0 Å². The van der Waals surface area contributed by atoms with Crippen LogP contribution in [0.25, 0.3) is 5.70 Å². The third kappa shape index (κ3) is 8.00. The van der Waals surface area contributed by atoms with Gasteiger partial charge in [-0.2, -0.15) is 10.2 Å². The van der Waals surface area contributed by atoms with Gasteiger partial charge in [0.05, 0.1) is 31.2 Å². The molecule has 3 aromatic rings. The summed E-state index contributed by atoms with van der Waals surface area (Å²) < 4.78 is 15.7. The molecule has 0 aromatic heterocycles. The number of hydrogen-bond acceptors (Lipinski definition) is 11. The molecule has 4 amide bonds. The van der Waals surface area contributed by atoms with Crippen LogP contribution in [0.15, 0.2) is 107 Å². The summed E-state index contributed by atoms with van der Waals surface area (Å²) in [5.74, 6) is -4.67. The first-order chi connectivity index (χ1) is 23.1. The fraction of sp³-hybridized carbons (Fsp3) is 0.182. The van der Waals surface area contributed by atoms with Gasteiger partial charge in [-0.25, -0.2) is 30.0 Å². The highest BCUT2D eigenvalue weighted by molar-refractivity contribution is 6.19. The Morgan fingerprint density at radius 3 is 1.75 bits per heavy atom. The van der Waals surface area contributed by atoms with Gasteiger partial charge in [0.25, 0.3) is 0 Å². The van der Waals surface area contributed by atoms with Crippen LogP contribution in [0.5, 0.6) is 0 Å². The molecule has 2 unspecified atom stereocenters. The summed E-state index contributed by atoms with van der Waals surface area (Å²) in [5.41, 5.74) is 2.91. The lowest BCUT2D eigenvalue weighted by atomic mass is 9.88. The van der Waals surface area contributed by atoms with Crippen molar-refractivity contribution in [3.8, 4) is 0 Å². The predicted molar refractivity (Wildman–Crippen MR) is 176 cm³/mol. The second-order valence-electron chi connectivity index (χ2n) is 10.1. The minimum atomic E-state index is -2.39. The number of para-hydroxylation sites is 2. The lowest BCUT2D eigenvalue weighted by Gasteiger charge is -2.38. The lowest BCUT2D eigenvalue weighted by Crippen LogP contribution is -2.63. The summed E-state index contributed by atoms with van der Waals surface area (Å²) in [5, 5.41) is 16.1. The molecule has 0 saturated heterocycles. The number of nitrogens with one attached hydrogen (secondary N) is 5. The van der Waals surface area contributed by atoms with E-state index in [0.717, 1.165) is 14.2 Å². The van der Waals surface area contributed by atoms with Gasteiger partial charge in [0, 0.05) is 11.4 Å². The van der Waals surface area contributed by atoms with Gasteiger partial charge in [-0.3, -0.25) is 4.79 Å². The Morgan fingerprint density at radius 1 is 0.750 bits per heavy atom. The van der Waals surface area contributed by atoms with Gasteiger partial charge in [0.1, 0.15) is 11.6 Å². The number of ether oxygens (including phenoxy) is 3. The quantitative estimate of drug-likeness (QED) is 0.0938. The van der Waals surface area contributed by atoms with E-state index in [1.54, 1.807) is 91.0 Å². The van der Waals surface area contributed by atoms with Gasteiger partial charge < -0.3 is 30.2 Å². The average Bonchev–Trinajstić information content (AvgIpc) is 3.11. The maximum Gasteiger partial charge on any atom is 0.378 e. The van der Waals surface area contributed by atoms with Crippen molar-refractivity contribution in [2.75, 3.05) is 24.9 Å². The molecule has 3 aromatic carbocycles. The Morgan fingerprint density at radius 2 is 1.25 bits per heavy atom. The summed E-state index contributed by atoms with van der Waals surface area (Å²) in [6, 6.07) is 23.9.